The first-order valence-corrected chi connectivity index (χ1v) is 5.84. The number of nitrogens with zero attached hydrogens (tertiary/aromatic N) is 2. The lowest BCUT2D eigenvalue weighted by Gasteiger charge is -2.10. The summed E-state index contributed by atoms with van der Waals surface area (Å²) in [6.45, 7) is 1.72. The molecule has 0 radical (unpaired) electrons. The fourth-order valence-corrected chi connectivity index (χ4v) is 1.89. The van der Waals surface area contributed by atoms with Gasteiger partial charge >= 0.3 is 5.97 Å². The standard InChI is InChI=1S/C11H9N3O3S/c1-6-3-2-4-7(11(16)17)9(6)12-10(15)8-5-18-14-13-8/h2-5H,1H3,(H,12,15)(H,16,17). The maximum absolute atomic E-state index is 11.8. The highest BCUT2D eigenvalue weighted by Gasteiger charge is 2.16. The number of benzene rings is 1. The summed E-state index contributed by atoms with van der Waals surface area (Å²) in [4.78, 5) is 22.9. The second-order valence-corrected chi connectivity index (χ2v) is 4.16. The number of aromatic nitrogens is 2. The minimum absolute atomic E-state index is 0.0477. The predicted molar refractivity (Wildman–Crippen MR) is 66.0 cm³/mol. The summed E-state index contributed by atoms with van der Waals surface area (Å²) in [5.74, 6) is -1.56. The van der Waals surface area contributed by atoms with Crippen molar-refractivity contribution in [2.24, 2.45) is 0 Å². The lowest BCUT2D eigenvalue weighted by atomic mass is 10.1. The van der Waals surface area contributed by atoms with E-state index in [1.54, 1.807) is 19.1 Å². The van der Waals surface area contributed by atoms with Crippen LogP contribution < -0.4 is 5.32 Å². The molecule has 7 heteroatoms. The first-order valence-electron chi connectivity index (χ1n) is 5.01. The summed E-state index contributed by atoms with van der Waals surface area (Å²) in [6, 6.07) is 4.78. The Balaban J connectivity index is 2.34. The van der Waals surface area contributed by atoms with Crippen molar-refractivity contribution >= 4 is 29.1 Å². The van der Waals surface area contributed by atoms with E-state index < -0.39 is 11.9 Å². The molecule has 92 valence electrons. The van der Waals surface area contributed by atoms with Gasteiger partial charge in [0.25, 0.3) is 5.91 Å². The minimum Gasteiger partial charge on any atom is -0.478 e. The van der Waals surface area contributed by atoms with Gasteiger partial charge in [0.05, 0.1) is 11.3 Å². The molecule has 0 aliphatic carbocycles. The average molecular weight is 263 g/mol. The number of hydrogen-bond acceptors (Lipinski definition) is 5. The van der Waals surface area contributed by atoms with Crippen LogP contribution in [0.1, 0.15) is 26.4 Å². The van der Waals surface area contributed by atoms with E-state index in [-0.39, 0.29) is 16.9 Å². The molecule has 2 rings (SSSR count). The number of hydrogen-bond donors (Lipinski definition) is 2. The molecule has 1 aromatic carbocycles. The summed E-state index contributed by atoms with van der Waals surface area (Å²) in [5, 5.41) is 16.7. The van der Waals surface area contributed by atoms with E-state index in [9.17, 15) is 9.59 Å². The second kappa shape index (κ2) is 4.92. The zero-order chi connectivity index (χ0) is 13.1. The Kier molecular flexibility index (Phi) is 3.33. The second-order valence-electron chi connectivity index (χ2n) is 3.55. The van der Waals surface area contributed by atoms with Crippen molar-refractivity contribution in [2.75, 3.05) is 5.32 Å². The third-order valence-corrected chi connectivity index (χ3v) is 2.84. The van der Waals surface area contributed by atoms with Crippen molar-refractivity contribution in [3.05, 3.63) is 40.4 Å². The molecule has 1 heterocycles. The van der Waals surface area contributed by atoms with Crippen LogP contribution in [0.4, 0.5) is 5.69 Å². The van der Waals surface area contributed by atoms with Crippen molar-refractivity contribution in [1.29, 1.82) is 0 Å². The van der Waals surface area contributed by atoms with Crippen LogP contribution in [-0.2, 0) is 0 Å². The van der Waals surface area contributed by atoms with Gasteiger partial charge < -0.3 is 10.4 Å². The Morgan fingerprint density at radius 2 is 2.17 bits per heavy atom. The Hall–Kier alpha value is -2.28. The first-order chi connectivity index (χ1) is 8.59. The van der Waals surface area contributed by atoms with Gasteiger partial charge in [-0.2, -0.15) is 0 Å². The maximum atomic E-state index is 11.8. The zero-order valence-electron chi connectivity index (χ0n) is 9.38. The molecule has 18 heavy (non-hydrogen) atoms. The molecular formula is C11H9N3O3S. The summed E-state index contributed by atoms with van der Waals surface area (Å²) >= 11 is 1.05. The van der Waals surface area contributed by atoms with Gasteiger partial charge in [-0.15, -0.1) is 5.10 Å². The third-order valence-electron chi connectivity index (χ3n) is 2.33. The zero-order valence-corrected chi connectivity index (χ0v) is 10.2. The van der Waals surface area contributed by atoms with Crippen molar-refractivity contribution < 1.29 is 14.7 Å². The molecule has 0 aliphatic heterocycles. The lowest BCUT2D eigenvalue weighted by Crippen LogP contribution is -2.16. The molecule has 0 aliphatic rings. The van der Waals surface area contributed by atoms with Crippen molar-refractivity contribution in [2.45, 2.75) is 6.92 Å². The van der Waals surface area contributed by atoms with Crippen LogP contribution in [0.25, 0.3) is 0 Å². The fourth-order valence-electron chi connectivity index (χ4n) is 1.45. The Morgan fingerprint density at radius 1 is 1.39 bits per heavy atom. The number of carbonyl (C=O) groups is 2. The minimum atomic E-state index is -1.09. The van der Waals surface area contributed by atoms with E-state index in [1.807, 2.05) is 0 Å². The molecular weight excluding hydrogens is 254 g/mol. The molecule has 0 unspecified atom stereocenters. The highest BCUT2D eigenvalue weighted by molar-refractivity contribution is 7.03. The topological polar surface area (TPSA) is 92.2 Å². The normalized spacial score (nSPS) is 10.1. The van der Waals surface area contributed by atoms with Crippen LogP contribution in [0.15, 0.2) is 23.6 Å². The predicted octanol–water partition coefficient (Wildman–Crippen LogP) is 1.80. The fraction of sp³-hybridized carbons (Fsp3) is 0.0909. The molecule has 0 spiro atoms. The molecule has 6 nitrogen and oxygen atoms in total. The first kappa shape index (κ1) is 12.2. The molecule has 1 amide bonds. The van der Waals surface area contributed by atoms with E-state index in [1.165, 1.54) is 11.4 Å². The number of aromatic carboxylic acids is 1. The summed E-state index contributed by atoms with van der Waals surface area (Å²) in [5.41, 5.74) is 1.17. The average Bonchev–Trinajstić information content (AvgIpc) is 2.85. The highest BCUT2D eigenvalue weighted by atomic mass is 32.1. The summed E-state index contributed by atoms with van der Waals surface area (Å²) in [6.07, 6.45) is 0. The van der Waals surface area contributed by atoms with E-state index in [0.29, 0.717) is 5.56 Å². The van der Waals surface area contributed by atoms with Gasteiger partial charge in [0.15, 0.2) is 5.69 Å². The summed E-state index contributed by atoms with van der Waals surface area (Å²) < 4.78 is 3.58. The number of amides is 1. The smallest absolute Gasteiger partial charge is 0.337 e. The molecule has 0 fully saturated rings. The quantitative estimate of drug-likeness (QED) is 0.880. The van der Waals surface area contributed by atoms with Crippen LogP contribution in [0.2, 0.25) is 0 Å². The summed E-state index contributed by atoms with van der Waals surface area (Å²) in [7, 11) is 0. The molecule has 0 saturated carbocycles. The number of nitrogens with one attached hydrogen (secondary N) is 1. The molecule has 0 bridgehead atoms. The van der Waals surface area contributed by atoms with Crippen LogP contribution in [0.3, 0.4) is 0 Å². The van der Waals surface area contributed by atoms with Crippen LogP contribution in [0, 0.1) is 6.92 Å². The number of anilines is 1. The van der Waals surface area contributed by atoms with E-state index in [2.05, 4.69) is 14.9 Å². The largest absolute Gasteiger partial charge is 0.478 e. The Morgan fingerprint density at radius 3 is 2.78 bits per heavy atom. The van der Waals surface area contributed by atoms with Gasteiger partial charge in [0.2, 0.25) is 0 Å². The Labute approximate surface area is 106 Å². The van der Waals surface area contributed by atoms with Gasteiger partial charge in [-0.25, -0.2) is 4.79 Å². The van der Waals surface area contributed by atoms with Crippen LogP contribution >= 0.6 is 11.5 Å². The number of para-hydroxylation sites is 1. The van der Waals surface area contributed by atoms with Gasteiger partial charge in [0, 0.05) is 5.38 Å². The van der Waals surface area contributed by atoms with E-state index in [0.717, 1.165) is 11.5 Å². The van der Waals surface area contributed by atoms with Gasteiger partial charge in [-0.05, 0) is 30.1 Å². The van der Waals surface area contributed by atoms with Crippen molar-refractivity contribution in [3.8, 4) is 0 Å². The van der Waals surface area contributed by atoms with E-state index >= 15 is 0 Å². The molecule has 1 aromatic heterocycles. The number of aryl methyl sites for hydroxylation is 1. The molecule has 0 atom stereocenters. The molecule has 0 saturated heterocycles. The number of carbonyl (C=O) groups excluding carboxylic acids is 1. The number of carboxylic acids is 1. The van der Waals surface area contributed by atoms with E-state index in [4.69, 9.17) is 5.11 Å². The monoisotopic (exact) mass is 263 g/mol. The van der Waals surface area contributed by atoms with Gasteiger partial charge in [-0.3, -0.25) is 4.79 Å². The third kappa shape index (κ3) is 2.35. The van der Waals surface area contributed by atoms with Gasteiger partial charge in [-0.1, -0.05) is 16.6 Å². The highest BCUT2D eigenvalue weighted by Crippen LogP contribution is 2.21. The molecule has 2 N–H and O–H groups in total. The Bertz CT molecular complexity index is 596. The van der Waals surface area contributed by atoms with Crippen LogP contribution in [-0.4, -0.2) is 26.6 Å². The van der Waals surface area contributed by atoms with Crippen molar-refractivity contribution in [3.63, 3.8) is 0 Å². The number of rotatable bonds is 3. The SMILES string of the molecule is Cc1cccc(C(=O)O)c1NC(=O)c1csnn1. The van der Waals surface area contributed by atoms with Crippen LogP contribution in [0.5, 0.6) is 0 Å². The maximum Gasteiger partial charge on any atom is 0.337 e. The van der Waals surface area contributed by atoms with Gasteiger partial charge in [0.1, 0.15) is 0 Å². The van der Waals surface area contributed by atoms with Crippen molar-refractivity contribution in [1.82, 2.24) is 9.59 Å². The number of carboxylic acid groups (broad SMARTS) is 1. The lowest BCUT2D eigenvalue weighted by molar-refractivity contribution is 0.0698. The molecule has 2 aromatic rings.